The van der Waals surface area contributed by atoms with E-state index in [2.05, 4.69) is 98.2 Å². The summed E-state index contributed by atoms with van der Waals surface area (Å²) < 4.78 is 79.7. The molecule has 69 heavy (non-hydrogen) atoms. The SMILES string of the molecule is C=C[Si](C)(Cl)Cl.CCOCC.C[SiH]1O[Si](C)(C)O[Si](C)(C)O[Si](C)(C)O1.C[Si](Cl)(Cl)CC[Si]1(C)O[Si](C)(C)O[Si](C)(C)O[Si](C)(C)O1.C[Si](O)(O)CC[Si]1(C)O[Si](C)(C)O[Si](C)(C)O[Si](C)(C)O1.[Pd]. The molecule has 15 nitrogen and oxygen atoms in total. The van der Waals surface area contributed by atoms with Crippen LogP contribution in [0.3, 0.4) is 0 Å². The Kier molecular flexibility index (Phi) is 33.2. The standard InChI is InChI=1S/C10H28Cl2O4Si5.C10H30O6Si5.C7H22O4Si4.C4H10O.C3H6Cl2Si.Pd/c2*1-17(2)13-18(3,4)15-21(8,10-9-20(7,11)12)16-19(5,6)14-17;1-12-8-13(2,3)10-15(6,7)11-14(4,5)9-12;1-3-5-4-2;1-3-6(2,4)5;/h9-10H2,1-8H3;11-12H,9-10H2,1-8H3;12H,1-7H3;3-4H2,1-2H3;3H,1H2,2H3;. The molecule has 0 amide bonds. The van der Waals surface area contributed by atoms with Crippen molar-refractivity contribution in [3.63, 3.8) is 0 Å². The van der Waals surface area contributed by atoms with Crippen LogP contribution < -0.4 is 0 Å². The Morgan fingerprint density at radius 2 is 0.681 bits per heavy atom. The molecule has 0 atom stereocenters. The number of hydrogen-bond donors (Lipinski definition) is 2. The third-order valence-electron chi connectivity index (χ3n) is 8.53. The van der Waals surface area contributed by atoms with E-state index in [1.807, 2.05) is 66.2 Å². The zero-order chi connectivity index (χ0) is 54.7. The molecule has 35 heteroatoms. The molecule has 0 aromatic carbocycles. The maximum atomic E-state index is 9.70. The van der Waals surface area contributed by atoms with Gasteiger partial charge in [0.2, 0.25) is 6.69 Å². The van der Waals surface area contributed by atoms with Gasteiger partial charge in [-0.05, 0) is 195 Å². The van der Waals surface area contributed by atoms with Crippen LogP contribution in [0.2, 0.25) is 181 Å². The van der Waals surface area contributed by atoms with Gasteiger partial charge in [-0.15, -0.1) is 50.9 Å². The molecule has 3 aliphatic heterocycles. The molecule has 0 radical (unpaired) electrons. The first kappa shape index (κ1) is 77.4. The molecule has 0 saturated carbocycles. The van der Waals surface area contributed by atoms with Crippen molar-refractivity contribution in [2.24, 2.45) is 0 Å². The summed E-state index contributed by atoms with van der Waals surface area (Å²) in [6.07, 6.45) is 0. The molecular formula is C34H96Cl4O15PdSi15. The van der Waals surface area contributed by atoms with E-state index in [0.29, 0.717) is 12.1 Å². The van der Waals surface area contributed by atoms with E-state index in [4.69, 9.17) is 98.4 Å². The molecule has 3 rings (SSSR count). The molecule has 3 saturated heterocycles. The fraction of sp³-hybridized carbons (Fsp3) is 0.941. The van der Waals surface area contributed by atoms with Gasteiger partial charge in [0.25, 0.3) is 6.69 Å². The second-order valence-electron chi connectivity index (χ2n) is 21.9. The quantitative estimate of drug-likeness (QED) is 0.166. The van der Waals surface area contributed by atoms with Gasteiger partial charge in [-0.25, -0.2) is 0 Å². The summed E-state index contributed by atoms with van der Waals surface area (Å²) in [6.45, 7) is 53.3. The van der Waals surface area contributed by atoms with Gasteiger partial charge in [0.1, 0.15) is 0 Å². The summed E-state index contributed by atoms with van der Waals surface area (Å²) in [5.74, 6) is 0. The van der Waals surface area contributed by atoms with Crippen molar-refractivity contribution in [1.82, 2.24) is 0 Å². The van der Waals surface area contributed by atoms with Crippen molar-refractivity contribution in [2.75, 3.05) is 13.2 Å². The molecule has 420 valence electrons. The Bertz CT molecular complexity index is 1390. The maximum absolute atomic E-state index is 9.70. The van der Waals surface area contributed by atoms with Gasteiger partial charge in [-0.2, -0.15) is 0 Å². The van der Waals surface area contributed by atoms with Gasteiger partial charge >= 0.3 is 112 Å². The van der Waals surface area contributed by atoms with Gasteiger partial charge < -0.3 is 63.7 Å². The van der Waals surface area contributed by atoms with Gasteiger partial charge in [0.05, 0.1) is 0 Å². The van der Waals surface area contributed by atoms with E-state index in [9.17, 15) is 9.59 Å². The van der Waals surface area contributed by atoms with Crippen molar-refractivity contribution in [3.8, 4) is 0 Å². The summed E-state index contributed by atoms with van der Waals surface area (Å²) in [4.78, 5) is 19.4. The predicted molar refractivity (Wildman–Crippen MR) is 321 cm³/mol. The Hall–Kier alpha value is 4.22. The second-order valence-corrected chi connectivity index (χ2v) is 82.6. The van der Waals surface area contributed by atoms with E-state index in [0.717, 1.165) is 25.3 Å². The summed E-state index contributed by atoms with van der Waals surface area (Å²) in [5.41, 5.74) is 1.61. The smallest absolute Gasteiger partial charge is 0.329 e. The molecular weight excluding hydrogens is 1320 g/mol. The molecule has 0 spiro atoms. The minimum Gasteiger partial charge on any atom is -0.418 e. The van der Waals surface area contributed by atoms with Crippen molar-refractivity contribution in [3.05, 3.63) is 12.3 Å². The number of halogens is 4. The van der Waals surface area contributed by atoms with Crippen molar-refractivity contribution in [2.45, 2.75) is 195 Å². The van der Waals surface area contributed by atoms with Crippen LogP contribution >= 0.6 is 44.3 Å². The minimum absolute atomic E-state index is 0. The Morgan fingerprint density at radius 3 is 0.870 bits per heavy atom. The molecule has 0 unspecified atom stereocenters. The first-order valence-corrected chi connectivity index (χ1v) is 67.8. The molecule has 3 heterocycles. The number of hydrogen-bond acceptors (Lipinski definition) is 15. The normalized spacial score (nSPS) is 25.1. The monoisotopic (exact) mass is 1410 g/mol. The number of ether oxygens (including phenoxy) is 1. The fourth-order valence-corrected chi connectivity index (χ4v) is 76.8. The molecule has 0 aromatic rings. The van der Waals surface area contributed by atoms with Crippen molar-refractivity contribution in [1.29, 1.82) is 0 Å². The van der Waals surface area contributed by atoms with E-state index in [1.165, 1.54) is 6.55 Å². The van der Waals surface area contributed by atoms with Gasteiger partial charge in [0, 0.05) is 33.6 Å². The Morgan fingerprint density at radius 1 is 0.464 bits per heavy atom. The molecule has 0 aromatic heterocycles. The van der Waals surface area contributed by atoms with Crippen LogP contribution in [0.25, 0.3) is 0 Å². The van der Waals surface area contributed by atoms with Crippen LogP contribution in [0.4, 0.5) is 0 Å². The maximum Gasteiger partial charge on any atom is 0.329 e. The van der Waals surface area contributed by atoms with Crippen LogP contribution in [-0.2, 0) is 74.5 Å². The summed E-state index contributed by atoms with van der Waals surface area (Å²) in [6, 6.07) is 2.48. The number of rotatable bonds is 9. The molecule has 0 aliphatic carbocycles. The van der Waals surface area contributed by atoms with Gasteiger partial charge in [0.15, 0.2) is 0 Å². The van der Waals surface area contributed by atoms with E-state index < -0.39 is 125 Å². The first-order valence-electron chi connectivity index (χ1n) is 23.3. The average molecular weight is 1410 g/mol. The third-order valence-corrected chi connectivity index (χ3v) is 62.5. The summed E-state index contributed by atoms with van der Waals surface area (Å²) >= 11 is 23.5. The van der Waals surface area contributed by atoms with Crippen molar-refractivity contribution < 1.29 is 84.1 Å². The van der Waals surface area contributed by atoms with Crippen LogP contribution in [0, 0.1) is 0 Å². The molecule has 0 bridgehead atoms. The third kappa shape index (κ3) is 41.0. The van der Waals surface area contributed by atoms with Crippen LogP contribution in [0.15, 0.2) is 12.3 Å². The van der Waals surface area contributed by atoms with E-state index in [-0.39, 0.29) is 20.4 Å². The first-order chi connectivity index (χ1) is 29.6. The largest absolute Gasteiger partial charge is 0.418 e. The zero-order valence-corrected chi connectivity index (χ0v) is 66.9. The predicted octanol–water partition coefficient (Wildman–Crippen LogP) is 12.4. The van der Waals surface area contributed by atoms with Crippen LogP contribution in [-0.4, -0.2) is 148 Å². The van der Waals surface area contributed by atoms with Crippen molar-refractivity contribution >= 4 is 170 Å². The van der Waals surface area contributed by atoms with E-state index >= 15 is 0 Å². The Labute approximate surface area is 469 Å². The zero-order valence-electron chi connectivity index (χ0n) is 47.1. The fourth-order valence-electron chi connectivity index (χ4n) is 8.01. The topological polar surface area (TPSA) is 160 Å². The van der Waals surface area contributed by atoms with Gasteiger partial charge in [-0.1, -0.05) is 5.70 Å². The molecule has 3 aliphatic rings. The Balaban J connectivity index is -0.000000854. The van der Waals surface area contributed by atoms with Crippen LogP contribution in [0.1, 0.15) is 13.8 Å². The minimum atomic E-state index is -3.11. The second kappa shape index (κ2) is 29.6. The van der Waals surface area contributed by atoms with Crippen LogP contribution in [0.5, 0.6) is 0 Å². The molecule has 3 fully saturated rings. The summed E-state index contributed by atoms with van der Waals surface area (Å²) in [5, 5.41) is 0. The average Bonchev–Trinajstić information content (AvgIpc) is 2.96. The van der Waals surface area contributed by atoms with E-state index in [1.54, 1.807) is 12.2 Å². The summed E-state index contributed by atoms with van der Waals surface area (Å²) in [7, 11) is -29.5. The van der Waals surface area contributed by atoms with Gasteiger partial charge in [-0.3, -0.25) is 0 Å². The molecule has 2 N–H and O–H groups in total.